The Kier molecular flexibility index (Phi) is 2.44. The van der Waals surface area contributed by atoms with Crippen molar-refractivity contribution in [2.24, 2.45) is 0 Å². The number of nitrogens with one attached hydrogen (secondary N) is 1. The fraction of sp³-hybridized carbons (Fsp3) is 0.444. The number of fused-ring (bicyclic) bond motifs is 2. The Morgan fingerprint density at radius 2 is 2.44 bits per heavy atom. The van der Waals surface area contributed by atoms with Crippen LogP contribution in [0.3, 0.4) is 0 Å². The van der Waals surface area contributed by atoms with E-state index in [0.717, 1.165) is 16.4 Å². The second-order valence-corrected chi connectivity index (χ2v) is 5.44. The molecule has 0 saturated carbocycles. The number of allylic oxidation sites excluding steroid dienone is 1. The van der Waals surface area contributed by atoms with Crippen LogP contribution in [-0.2, 0) is 4.79 Å². The van der Waals surface area contributed by atoms with Gasteiger partial charge >= 0.3 is 0 Å². The molecule has 0 saturated heterocycles. The average Bonchev–Trinajstić information content (AvgIpc) is 2.72. The van der Waals surface area contributed by atoms with Gasteiger partial charge in [0.1, 0.15) is 5.70 Å². The van der Waals surface area contributed by atoms with Crippen LogP contribution in [0.4, 0.5) is 5.95 Å². The molecule has 0 bridgehead atoms. The molecule has 0 radical (unpaired) electrons. The van der Waals surface area contributed by atoms with Crippen molar-refractivity contribution in [1.82, 2.24) is 14.8 Å². The Hall–Kier alpha value is -0.950. The predicted octanol–water partition coefficient (Wildman–Crippen LogP) is 1.30. The summed E-state index contributed by atoms with van der Waals surface area (Å²) in [5.41, 5.74) is 0.720. The molecule has 5 nitrogen and oxygen atoms in total. The third-order valence-corrected chi connectivity index (χ3v) is 4.16. The lowest BCUT2D eigenvalue weighted by Crippen LogP contribution is -2.26. The Bertz CT molecular complexity index is 494. The monoisotopic (exact) mass is 254 g/mol. The minimum absolute atomic E-state index is 0.175. The molecule has 0 atom stereocenters. The summed E-state index contributed by atoms with van der Waals surface area (Å²) in [6.45, 7) is 0.693. The van der Waals surface area contributed by atoms with Gasteiger partial charge in [-0.3, -0.25) is 4.79 Å². The zero-order valence-corrected chi connectivity index (χ0v) is 10.3. The number of thioether (sulfide) groups is 2. The van der Waals surface area contributed by atoms with Gasteiger partial charge in [0.25, 0.3) is 0 Å². The molecule has 1 N–H and O–H groups in total. The van der Waals surface area contributed by atoms with E-state index in [0.29, 0.717) is 24.1 Å². The third kappa shape index (κ3) is 1.46. The van der Waals surface area contributed by atoms with E-state index >= 15 is 0 Å². The highest BCUT2D eigenvalue weighted by Crippen LogP contribution is 2.35. The summed E-state index contributed by atoms with van der Waals surface area (Å²) in [5.74, 6) is 1.73. The van der Waals surface area contributed by atoms with E-state index in [1.54, 1.807) is 16.4 Å². The van der Waals surface area contributed by atoms with Crippen molar-refractivity contribution in [2.45, 2.75) is 11.6 Å². The molecule has 2 aliphatic heterocycles. The second kappa shape index (κ2) is 3.81. The molecule has 3 rings (SSSR count). The molecule has 0 unspecified atom stereocenters. The number of aromatic nitrogens is 3. The number of ketones is 1. The lowest BCUT2D eigenvalue weighted by molar-refractivity contribution is -0.113. The van der Waals surface area contributed by atoms with Crippen molar-refractivity contribution >= 4 is 41.0 Å². The molecule has 2 aliphatic rings. The first-order valence-electron chi connectivity index (χ1n) is 4.94. The fourth-order valence-corrected chi connectivity index (χ4v) is 3.18. The molecule has 3 heterocycles. The normalized spacial score (nSPS) is 19.2. The van der Waals surface area contributed by atoms with Crippen LogP contribution in [0, 0.1) is 0 Å². The molecule has 0 aromatic carbocycles. The summed E-state index contributed by atoms with van der Waals surface area (Å²) < 4.78 is 1.65. The smallest absolute Gasteiger partial charge is 0.227 e. The highest BCUT2D eigenvalue weighted by molar-refractivity contribution is 8.03. The van der Waals surface area contributed by atoms with Crippen molar-refractivity contribution in [3.63, 3.8) is 0 Å². The number of anilines is 1. The van der Waals surface area contributed by atoms with Crippen molar-refractivity contribution in [2.75, 3.05) is 23.9 Å². The Labute approximate surface area is 101 Å². The molecule has 0 aliphatic carbocycles. The molecular formula is C9H10N4OS2. The van der Waals surface area contributed by atoms with Gasteiger partial charge in [-0.05, 0) is 6.26 Å². The highest BCUT2D eigenvalue weighted by Gasteiger charge is 2.29. The maximum Gasteiger partial charge on any atom is 0.227 e. The molecule has 84 valence electrons. The first-order valence-corrected chi connectivity index (χ1v) is 7.15. The van der Waals surface area contributed by atoms with Crippen LogP contribution in [0.2, 0.25) is 0 Å². The molecule has 1 aromatic heterocycles. The maximum absolute atomic E-state index is 11.9. The van der Waals surface area contributed by atoms with Crippen LogP contribution in [0.5, 0.6) is 0 Å². The van der Waals surface area contributed by atoms with Crippen molar-refractivity contribution in [1.29, 1.82) is 0 Å². The van der Waals surface area contributed by atoms with Gasteiger partial charge in [0.15, 0.2) is 5.78 Å². The first-order chi connectivity index (χ1) is 7.79. The summed E-state index contributed by atoms with van der Waals surface area (Å²) in [4.78, 5) is 17.3. The van der Waals surface area contributed by atoms with Gasteiger partial charge in [0.05, 0.1) is 6.54 Å². The zero-order chi connectivity index (χ0) is 11.1. The fourth-order valence-electron chi connectivity index (χ4n) is 1.79. The molecule has 1 aromatic rings. The van der Waals surface area contributed by atoms with Crippen LogP contribution in [0.15, 0.2) is 10.1 Å². The van der Waals surface area contributed by atoms with E-state index in [4.69, 9.17) is 0 Å². The van der Waals surface area contributed by atoms with Gasteiger partial charge in [-0.1, -0.05) is 11.8 Å². The van der Waals surface area contributed by atoms with Crippen LogP contribution in [0.25, 0.3) is 5.70 Å². The number of hydrogen-bond acceptors (Lipinski definition) is 6. The van der Waals surface area contributed by atoms with Gasteiger partial charge in [-0.25, -0.2) is 0 Å². The quantitative estimate of drug-likeness (QED) is 0.762. The van der Waals surface area contributed by atoms with Crippen LogP contribution >= 0.6 is 23.5 Å². The van der Waals surface area contributed by atoms with E-state index in [1.165, 1.54) is 11.8 Å². The molecule has 0 fully saturated rings. The van der Waals surface area contributed by atoms with E-state index in [-0.39, 0.29) is 5.78 Å². The minimum atomic E-state index is 0.175. The Morgan fingerprint density at radius 1 is 1.56 bits per heavy atom. The van der Waals surface area contributed by atoms with Gasteiger partial charge < -0.3 is 5.32 Å². The standard InChI is InChI=1S/C9H10N4OS2/c1-15-9-11-8-10-4-6-7(13(8)12-9)5(14)2-3-16-6/h2-4H2,1H3,(H,10,11,12). The van der Waals surface area contributed by atoms with Gasteiger partial charge in [0, 0.05) is 17.1 Å². The first kappa shape index (κ1) is 10.2. The molecule has 16 heavy (non-hydrogen) atoms. The average molecular weight is 254 g/mol. The number of carbonyl (C=O) groups excluding carboxylic acids is 1. The highest BCUT2D eigenvalue weighted by atomic mass is 32.2. The molecular weight excluding hydrogens is 244 g/mol. The Morgan fingerprint density at radius 3 is 3.25 bits per heavy atom. The molecule has 7 heteroatoms. The lowest BCUT2D eigenvalue weighted by Gasteiger charge is -2.23. The largest absolute Gasteiger partial charge is 0.349 e. The summed E-state index contributed by atoms with van der Waals surface area (Å²) >= 11 is 3.21. The van der Waals surface area contributed by atoms with E-state index < -0.39 is 0 Å². The number of carbonyl (C=O) groups is 1. The minimum Gasteiger partial charge on any atom is -0.349 e. The number of hydrogen-bond donors (Lipinski definition) is 1. The van der Waals surface area contributed by atoms with Gasteiger partial charge in [-0.2, -0.15) is 9.67 Å². The lowest BCUT2D eigenvalue weighted by atomic mass is 10.2. The summed E-state index contributed by atoms with van der Waals surface area (Å²) in [7, 11) is 0. The number of nitrogens with zero attached hydrogens (tertiary/aromatic N) is 3. The van der Waals surface area contributed by atoms with E-state index in [9.17, 15) is 4.79 Å². The van der Waals surface area contributed by atoms with Gasteiger partial charge in [-0.15, -0.1) is 16.9 Å². The second-order valence-electron chi connectivity index (χ2n) is 3.48. The predicted molar refractivity (Wildman–Crippen MR) is 65.6 cm³/mol. The van der Waals surface area contributed by atoms with Crippen LogP contribution < -0.4 is 5.32 Å². The topological polar surface area (TPSA) is 59.8 Å². The number of Topliss-reactive ketones (excluding diaryl/α,β-unsaturated/α-hetero) is 1. The van der Waals surface area contributed by atoms with Gasteiger partial charge in [0.2, 0.25) is 11.1 Å². The maximum atomic E-state index is 11.9. The van der Waals surface area contributed by atoms with Crippen LogP contribution in [-0.4, -0.2) is 39.1 Å². The Balaban J connectivity index is 2.14. The SMILES string of the molecule is CSc1nc2n(n1)C1=C(CN2)SCCC1=O. The summed E-state index contributed by atoms with van der Waals surface area (Å²) in [6, 6.07) is 0. The van der Waals surface area contributed by atoms with Crippen molar-refractivity contribution < 1.29 is 4.79 Å². The molecule has 0 amide bonds. The van der Waals surface area contributed by atoms with E-state index in [2.05, 4.69) is 15.4 Å². The van der Waals surface area contributed by atoms with Crippen molar-refractivity contribution in [3.05, 3.63) is 4.91 Å². The molecule has 0 spiro atoms. The van der Waals surface area contributed by atoms with Crippen molar-refractivity contribution in [3.8, 4) is 0 Å². The third-order valence-electron chi connectivity index (χ3n) is 2.52. The summed E-state index contributed by atoms with van der Waals surface area (Å²) in [5, 5.41) is 8.19. The summed E-state index contributed by atoms with van der Waals surface area (Å²) in [6.07, 6.45) is 2.52. The van der Waals surface area contributed by atoms with Crippen LogP contribution in [0.1, 0.15) is 6.42 Å². The zero-order valence-electron chi connectivity index (χ0n) is 8.69. The number of rotatable bonds is 1. The van der Waals surface area contributed by atoms with E-state index in [1.807, 2.05) is 6.26 Å².